The Hall–Kier alpha value is -1.94. The third-order valence-electron chi connectivity index (χ3n) is 3.75. The van der Waals surface area contributed by atoms with Gasteiger partial charge in [0.2, 0.25) is 0 Å². The Morgan fingerprint density at radius 1 is 1.20 bits per heavy atom. The molecule has 1 aromatic heterocycles. The van der Waals surface area contributed by atoms with Gasteiger partial charge in [0, 0.05) is 18.5 Å². The van der Waals surface area contributed by atoms with E-state index in [2.05, 4.69) is 5.10 Å². The fraction of sp³-hybridized carbons (Fsp3) is 0.375. The van der Waals surface area contributed by atoms with Crippen molar-refractivity contribution in [3.63, 3.8) is 0 Å². The molecule has 1 aliphatic rings. The fourth-order valence-corrected chi connectivity index (χ4v) is 2.86. The number of aliphatic hydroxyl groups excluding tert-OH is 1. The van der Waals surface area contributed by atoms with E-state index in [4.69, 9.17) is 5.11 Å². The van der Waals surface area contributed by atoms with E-state index < -0.39 is 0 Å². The molecule has 1 heterocycles. The van der Waals surface area contributed by atoms with E-state index in [1.165, 1.54) is 0 Å². The standard InChI is InChI=1S/C16H18N2O2/c19-10-9-18-14-7-4-8-15(20)16(14)13(17-18)11-12-5-2-1-3-6-12/h1-3,5-6,19H,4,7-11H2. The van der Waals surface area contributed by atoms with Gasteiger partial charge in [-0.15, -0.1) is 0 Å². The molecular weight excluding hydrogens is 252 g/mol. The Labute approximate surface area is 118 Å². The molecule has 1 aromatic carbocycles. The molecule has 0 aliphatic heterocycles. The van der Waals surface area contributed by atoms with E-state index in [1.54, 1.807) is 0 Å². The summed E-state index contributed by atoms with van der Waals surface area (Å²) in [6, 6.07) is 10.1. The number of carbonyl (C=O) groups is 1. The number of ketones is 1. The largest absolute Gasteiger partial charge is 0.394 e. The van der Waals surface area contributed by atoms with Crippen LogP contribution in [0.25, 0.3) is 0 Å². The molecule has 0 fully saturated rings. The van der Waals surface area contributed by atoms with Crippen molar-refractivity contribution < 1.29 is 9.90 Å². The smallest absolute Gasteiger partial charge is 0.166 e. The van der Waals surface area contributed by atoms with Crippen LogP contribution in [-0.4, -0.2) is 27.3 Å². The van der Waals surface area contributed by atoms with Gasteiger partial charge in [0.1, 0.15) is 0 Å². The van der Waals surface area contributed by atoms with Gasteiger partial charge in [-0.1, -0.05) is 30.3 Å². The van der Waals surface area contributed by atoms with Crippen LogP contribution in [0.5, 0.6) is 0 Å². The quantitative estimate of drug-likeness (QED) is 0.924. The average molecular weight is 270 g/mol. The van der Waals surface area contributed by atoms with Crippen molar-refractivity contribution in [1.82, 2.24) is 9.78 Å². The maximum atomic E-state index is 12.2. The zero-order chi connectivity index (χ0) is 13.9. The summed E-state index contributed by atoms with van der Waals surface area (Å²) < 4.78 is 1.81. The molecule has 0 saturated carbocycles. The summed E-state index contributed by atoms with van der Waals surface area (Å²) in [5.74, 6) is 0.196. The minimum absolute atomic E-state index is 0.0487. The molecule has 0 amide bonds. The van der Waals surface area contributed by atoms with Crippen LogP contribution in [0.4, 0.5) is 0 Å². The predicted octanol–water partition coefficient (Wildman–Crippen LogP) is 1.99. The van der Waals surface area contributed by atoms with Crippen molar-refractivity contribution in [2.75, 3.05) is 6.61 Å². The first-order valence-corrected chi connectivity index (χ1v) is 7.06. The van der Waals surface area contributed by atoms with Gasteiger partial charge < -0.3 is 5.11 Å². The van der Waals surface area contributed by atoms with E-state index in [9.17, 15) is 4.79 Å². The fourth-order valence-electron chi connectivity index (χ4n) is 2.86. The Balaban J connectivity index is 2.00. The lowest BCUT2D eigenvalue weighted by Crippen LogP contribution is -2.15. The zero-order valence-corrected chi connectivity index (χ0v) is 11.4. The van der Waals surface area contributed by atoms with Gasteiger partial charge in [-0.25, -0.2) is 0 Å². The maximum absolute atomic E-state index is 12.2. The van der Waals surface area contributed by atoms with Crippen LogP contribution in [0, 0.1) is 0 Å². The molecule has 4 nitrogen and oxygen atoms in total. The summed E-state index contributed by atoms with van der Waals surface area (Å²) in [4.78, 5) is 12.2. The Kier molecular flexibility index (Phi) is 3.65. The van der Waals surface area contributed by atoms with Gasteiger partial charge in [-0.3, -0.25) is 9.48 Å². The maximum Gasteiger partial charge on any atom is 0.166 e. The Morgan fingerprint density at radius 3 is 2.75 bits per heavy atom. The number of aromatic nitrogens is 2. The Bertz CT molecular complexity index is 617. The summed E-state index contributed by atoms with van der Waals surface area (Å²) in [5, 5.41) is 13.7. The number of rotatable bonds is 4. The highest BCUT2D eigenvalue weighted by Gasteiger charge is 2.26. The van der Waals surface area contributed by atoms with Gasteiger partial charge in [0.15, 0.2) is 5.78 Å². The number of aliphatic hydroxyl groups is 1. The SMILES string of the molecule is O=C1CCCc2c1c(Cc1ccccc1)nn2CCO. The molecule has 1 aliphatic carbocycles. The average Bonchev–Trinajstić information content (AvgIpc) is 2.80. The Morgan fingerprint density at radius 2 is 2.00 bits per heavy atom. The number of hydrogen-bond donors (Lipinski definition) is 1. The van der Waals surface area contributed by atoms with Crippen LogP contribution >= 0.6 is 0 Å². The molecule has 0 atom stereocenters. The van der Waals surface area contributed by atoms with Crippen molar-refractivity contribution in [2.24, 2.45) is 0 Å². The van der Waals surface area contributed by atoms with Crippen molar-refractivity contribution in [1.29, 1.82) is 0 Å². The number of fused-ring (bicyclic) bond motifs is 1. The molecule has 20 heavy (non-hydrogen) atoms. The highest BCUT2D eigenvalue weighted by Crippen LogP contribution is 2.26. The number of benzene rings is 1. The first kappa shape index (κ1) is 13.1. The van der Waals surface area contributed by atoms with Crippen LogP contribution in [0.2, 0.25) is 0 Å². The highest BCUT2D eigenvalue weighted by atomic mass is 16.3. The van der Waals surface area contributed by atoms with Crippen molar-refractivity contribution >= 4 is 5.78 Å². The molecule has 0 saturated heterocycles. The van der Waals surface area contributed by atoms with E-state index >= 15 is 0 Å². The van der Waals surface area contributed by atoms with Crippen LogP contribution in [0.15, 0.2) is 30.3 Å². The van der Waals surface area contributed by atoms with E-state index in [0.29, 0.717) is 19.4 Å². The third kappa shape index (κ3) is 2.39. The van der Waals surface area contributed by atoms with Crippen molar-refractivity contribution in [3.05, 3.63) is 52.8 Å². The lowest BCUT2D eigenvalue weighted by Gasteiger charge is -2.12. The monoisotopic (exact) mass is 270 g/mol. The first-order valence-electron chi connectivity index (χ1n) is 7.06. The summed E-state index contributed by atoms with van der Waals surface area (Å²) >= 11 is 0. The van der Waals surface area contributed by atoms with E-state index in [1.807, 2.05) is 35.0 Å². The number of carbonyl (C=O) groups excluding carboxylic acids is 1. The predicted molar refractivity (Wildman–Crippen MR) is 75.8 cm³/mol. The van der Waals surface area contributed by atoms with Gasteiger partial charge in [-0.2, -0.15) is 5.10 Å². The first-order chi connectivity index (χ1) is 9.79. The number of nitrogens with zero attached hydrogens (tertiary/aromatic N) is 2. The van der Waals surface area contributed by atoms with Gasteiger partial charge >= 0.3 is 0 Å². The second-order valence-corrected chi connectivity index (χ2v) is 5.15. The van der Waals surface area contributed by atoms with E-state index in [-0.39, 0.29) is 12.4 Å². The topological polar surface area (TPSA) is 55.1 Å². The molecule has 4 heteroatoms. The van der Waals surface area contributed by atoms with Gasteiger partial charge in [-0.05, 0) is 18.4 Å². The third-order valence-corrected chi connectivity index (χ3v) is 3.75. The second-order valence-electron chi connectivity index (χ2n) is 5.15. The van der Waals surface area contributed by atoms with Crippen LogP contribution in [0.1, 0.15) is 40.2 Å². The van der Waals surface area contributed by atoms with Gasteiger partial charge in [0.05, 0.1) is 24.4 Å². The molecule has 3 rings (SSSR count). The number of hydrogen-bond acceptors (Lipinski definition) is 3. The minimum atomic E-state index is 0.0487. The number of Topliss-reactive ketones (excluding diaryl/α,β-unsaturated/α-hetero) is 1. The molecule has 0 radical (unpaired) electrons. The van der Waals surface area contributed by atoms with Gasteiger partial charge in [0.25, 0.3) is 0 Å². The molecule has 104 valence electrons. The lowest BCUT2D eigenvalue weighted by molar-refractivity contribution is 0.0970. The minimum Gasteiger partial charge on any atom is -0.394 e. The van der Waals surface area contributed by atoms with E-state index in [0.717, 1.165) is 35.4 Å². The normalized spacial score (nSPS) is 14.3. The highest BCUT2D eigenvalue weighted by molar-refractivity contribution is 5.99. The summed E-state index contributed by atoms with van der Waals surface area (Å²) in [6.45, 7) is 0.511. The summed E-state index contributed by atoms with van der Waals surface area (Å²) in [7, 11) is 0. The van der Waals surface area contributed by atoms with Crippen molar-refractivity contribution in [3.8, 4) is 0 Å². The van der Waals surface area contributed by atoms with Crippen LogP contribution in [-0.2, 0) is 19.4 Å². The summed E-state index contributed by atoms with van der Waals surface area (Å²) in [6.07, 6.45) is 3.05. The zero-order valence-electron chi connectivity index (χ0n) is 11.4. The molecule has 2 aromatic rings. The van der Waals surface area contributed by atoms with Crippen molar-refractivity contribution in [2.45, 2.75) is 32.2 Å². The molecular formula is C16H18N2O2. The molecule has 0 unspecified atom stereocenters. The van der Waals surface area contributed by atoms with Crippen LogP contribution in [0.3, 0.4) is 0 Å². The lowest BCUT2D eigenvalue weighted by atomic mass is 9.92. The molecule has 1 N–H and O–H groups in total. The molecule has 0 spiro atoms. The second kappa shape index (κ2) is 5.59. The van der Waals surface area contributed by atoms with Crippen LogP contribution < -0.4 is 0 Å². The molecule has 0 bridgehead atoms. The summed E-state index contributed by atoms with van der Waals surface area (Å²) in [5.41, 5.74) is 3.81.